The number of carbonyl (C=O) groups excluding carboxylic acids is 1. The predicted molar refractivity (Wildman–Crippen MR) is 56.8 cm³/mol. The number of rotatable bonds is 4. The minimum Gasteiger partial charge on any atom is -0.496 e. The molecule has 0 amide bonds. The smallest absolute Gasteiger partial charge is 0.127 e. The average Bonchev–Trinajstić information content (AvgIpc) is 2.21. The topological polar surface area (TPSA) is 26.3 Å². The van der Waals surface area contributed by atoms with Gasteiger partial charge in [-0.2, -0.15) is 0 Å². The lowest BCUT2D eigenvalue weighted by atomic mass is 9.96. The van der Waals surface area contributed by atoms with E-state index in [0.29, 0.717) is 0 Å². The van der Waals surface area contributed by atoms with Crippen LogP contribution in [0.2, 0.25) is 0 Å². The lowest BCUT2D eigenvalue weighted by Gasteiger charge is -2.13. The molecule has 0 saturated carbocycles. The van der Waals surface area contributed by atoms with Crippen LogP contribution in [0.5, 0.6) is 5.75 Å². The van der Waals surface area contributed by atoms with Crippen molar-refractivity contribution in [3.05, 3.63) is 29.3 Å². The van der Waals surface area contributed by atoms with Gasteiger partial charge in [0.1, 0.15) is 12.0 Å². The van der Waals surface area contributed by atoms with Crippen LogP contribution in [-0.2, 0) is 4.79 Å². The van der Waals surface area contributed by atoms with Gasteiger partial charge in [-0.05, 0) is 25.0 Å². The molecule has 0 fully saturated rings. The molecule has 0 radical (unpaired) electrons. The van der Waals surface area contributed by atoms with Crippen LogP contribution in [0.1, 0.15) is 30.4 Å². The first kappa shape index (κ1) is 10.8. The molecular formula is C12H16O2. The van der Waals surface area contributed by atoms with Gasteiger partial charge in [-0.1, -0.05) is 19.1 Å². The standard InChI is InChI=1S/C12H16O2/c1-4-10(8-13)11-6-5-9(2)7-12(11)14-3/h5-8,10H,4H2,1-3H3. The number of hydrogen-bond donors (Lipinski definition) is 0. The highest BCUT2D eigenvalue weighted by Gasteiger charge is 2.12. The SMILES string of the molecule is CCC(C=O)c1ccc(C)cc1OC. The Bertz CT molecular complexity index is 318. The lowest BCUT2D eigenvalue weighted by Crippen LogP contribution is -2.01. The molecule has 0 aromatic heterocycles. The normalized spacial score (nSPS) is 12.2. The minimum atomic E-state index is -0.0504. The first-order chi connectivity index (χ1) is 6.72. The highest BCUT2D eigenvalue weighted by atomic mass is 16.5. The predicted octanol–water partition coefficient (Wildman–Crippen LogP) is 2.70. The molecule has 76 valence electrons. The van der Waals surface area contributed by atoms with Crippen molar-refractivity contribution in [3.8, 4) is 5.75 Å². The largest absolute Gasteiger partial charge is 0.496 e. The van der Waals surface area contributed by atoms with Crippen molar-refractivity contribution in [2.45, 2.75) is 26.2 Å². The fourth-order valence-electron chi connectivity index (χ4n) is 1.51. The quantitative estimate of drug-likeness (QED) is 0.685. The van der Waals surface area contributed by atoms with E-state index in [4.69, 9.17) is 4.74 Å². The molecule has 0 aliphatic rings. The Morgan fingerprint density at radius 2 is 2.21 bits per heavy atom. The number of benzene rings is 1. The molecule has 2 nitrogen and oxygen atoms in total. The molecular weight excluding hydrogens is 176 g/mol. The van der Waals surface area contributed by atoms with Crippen LogP contribution < -0.4 is 4.74 Å². The molecule has 14 heavy (non-hydrogen) atoms. The van der Waals surface area contributed by atoms with Crippen LogP contribution in [0.4, 0.5) is 0 Å². The monoisotopic (exact) mass is 192 g/mol. The van der Waals surface area contributed by atoms with E-state index in [0.717, 1.165) is 29.6 Å². The minimum absolute atomic E-state index is 0.0504. The fourth-order valence-corrected chi connectivity index (χ4v) is 1.51. The summed E-state index contributed by atoms with van der Waals surface area (Å²) in [6.45, 7) is 4.01. The molecule has 1 aromatic carbocycles. The summed E-state index contributed by atoms with van der Waals surface area (Å²) in [5, 5.41) is 0. The number of ether oxygens (including phenoxy) is 1. The van der Waals surface area contributed by atoms with Crippen LogP contribution in [-0.4, -0.2) is 13.4 Å². The number of aldehydes is 1. The summed E-state index contributed by atoms with van der Waals surface area (Å²) >= 11 is 0. The van der Waals surface area contributed by atoms with Crippen molar-refractivity contribution in [1.82, 2.24) is 0 Å². The van der Waals surface area contributed by atoms with Gasteiger partial charge >= 0.3 is 0 Å². The zero-order valence-corrected chi connectivity index (χ0v) is 8.91. The molecule has 0 aliphatic carbocycles. The molecule has 0 N–H and O–H groups in total. The molecule has 0 bridgehead atoms. The molecule has 0 saturated heterocycles. The Morgan fingerprint density at radius 1 is 1.50 bits per heavy atom. The number of hydrogen-bond acceptors (Lipinski definition) is 2. The Kier molecular flexibility index (Phi) is 3.69. The summed E-state index contributed by atoms with van der Waals surface area (Å²) in [5.74, 6) is 0.759. The first-order valence-corrected chi connectivity index (χ1v) is 4.82. The summed E-state index contributed by atoms with van der Waals surface area (Å²) in [4.78, 5) is 10.8. The van der Waals surface area contributed by atoms with Crippen molar-refractivity contribution < 1.29 is 9.53 Å². The number of methoxy groups -OCH3 is 1. The van der Waals surface area contributed by atoms with Crippen LogP contribution in [0.25, 0.3) is 0 Å². The van der Waals surface area contributed by atoms with Crippen LogP contribution >= 0.6 is 0 Å². The molecule has 0 heterocycles. The van der Waals surface area contributed by atoms with E-state index in [1.807, 2.05) is 32.0 Å². The third kappa shape index (κ3) is 2.13. The molecule has 1 atom stereocenters. The van der Waals surface area contributed by atoms with Crippen molar-refractivity contribution in [1.29, 1.82) is 0 Å². The van der Waals surface area contributed by atoms with Crippen LogP contribution in [0.3, 0.4) is 0 Å². The number of aryl methyl sites for hydroxylation is 1. The van der Waals surface area contributed by atoms with Crippen molar-refractivity contribution in [3.63, 3.8) is 0 Å². The summed E-state index contributed by atoms with van der Waals surface area (Å²) in [5.41, 5.74) is 2.13. The number of carbonyl (C=O) groups is 1. The van der Waals surface area contributed by atoms with Gasteiger partial charge in [-0.3, -0.25) is 0 Å². The first-order valence-electron chi connectivity index (χ1n) is 4.82. The van der Waals surface area contributed by atoms with E-state index in [9.17, 15) is 4.79 Å². The highest BCUT2D eigenvalue weighted by Crippen LogP contribution is 2.28. The van der Waals surface area contributed by atoms with Gasteiger partial charge in [-0.15, -0.1) is 0 Å². The molecule has 0 spiro atoms. The molecule has 1 rings (SSSR count). The van der Waals surface area contributed by atoms with E-state index >= 15 is 0 Å². The third-order valence-corrected chi connectivity index (χ3v) is 2.39. The molecule has 0 aliphatic heterocycles. The van der Waals surface area contributed by atoms with Crippen LogP contribution in [0.15, 0.2) is 18.2 Å². The maximum Gasteiger partial charge on any atom is 0.127 e. The Hall–Kier alpha value is -1.31. The Labute approximate surface area is 84.9 Å². The van der Waals surface area contributed by atoms with Gasteiger partial charge < -0.3 is 9.53 Å². The zero-order chi connectivity index (χ0) is 10.6. The second-order valence-corrected chi connectivity index (χ2v) is 3.40. The highest BCUT2D eigenvalue weighted by molar-refractivity contribution is 5.64. The Morgan fingerprint density at radius 3 is 2.71 bits per heavy atom. The zero-order valence-electron chi connectivity index (χ0n) is 8.91. The van der Waals surface area contributed by atoms with Gasteiger partial charge in [0.05, 0.1) is 7.11 Å². The van der Waals surface area contributed by atoms with Crippen molar-refractivity contribution in [2.75, 3.05) is 7.11 Å². The third-order valence-electron chi connectivity index (χ3n) is 2.39. The van der Waals surface area contributed by atoms with Crippen molar-refractivity contribution in [2.24, 2.45) is 0 Å². The molecule has 1 aromatic rings. The van der Waals surface area contributed by atoms with Gasteiger partial charge in [0.25, 0.3) is 0 Å². The van der Waals surface area contributed by atoms with E-state index in [1.54, 1.807) is 7.11 Å². The van der Waals surface area contributed by atoms with E-state index < -0.39 is 0 Å². The summed E-state index contributed by atoms with van der Waals surface area (Å²) in [6, 6.07) is 5.93. The summed E-state index contributed by atoms with van der Waals surface area (Å²) in [7, 11) is 1.63. The van der Waals surface area contributed by atoms with Gasteiger partial charge in [0.2, 0.25) is 0 Å². The summed E-state index contributed by atoms with van der Waals surface area (Å²) < 4.78 is 5.25. The fraction of sp³-hybridized carbons (Fsp3) is 0.417. The van der Waals surface area contributed by atoms with Crippen molar-refractivity contribution >= 4 is 6.29 Å². The Balaban J connectivity index is 3.12. The second kappa shape index (κ2) is 4.80. The van der Waals surface area contributed by atoms with Gasteiger partial charge in [-0.25, -0.2) is 0 Å². The maximum absolute atomic E-state index is 10.8. The maximum atomic E-state index is 10.8. The van der Waals surface area contributed by atoms with Crippen LogP contribution in [0, 0.1) is 6.92 Å². The molecule has 1 unspecified atom stereocenters. The van der Waals surface area contributed by atoms with Gasteiger partial charge in [0.15, 0.2) is 0 Å². The lowest BCUT2D eigenvalue weighted by molar-refractivity contribution is -0.109. The van der Waals surface area contributed by atoms with E-state index in [1.165, 1.54) is 0 Å². The van der Waals surface area contributed by atoms with E-state index in [2.05, 4.69) is 0 Å². The summed E-state index contributed by atoms with van der Waals surface area (Å²) in [6.07, 6.45) is 1.79. The second-order valence-electron chi connectivity index (χ2n) is 3.40. The van der Waals surface area contributed by atoms with E-state index in [-0.39, 0.29) is 5.92 Å². The average molecular weight is 192 g/mol. The van der Waals surface area contributed by atoms with Gasteiger partial charge in [0, 0.05) is 11.5 Å². The molecule has 2 heteroatoms.